The molecule has 10 heteroatoms. The van der Waals surface area contributed by atoms with Gasteiger partial charge in [0.25, 0.3) is 5.91 Å². The SMILES string of the molecule is COc1cc(CNC(=O)c2cnn(-c3ccc(F)cc3)c2C(F)(F)F)cc(OC)c1. The van der Waals surface area contributed by atoms with Crippen molar-refractivity contribution >= 4 is 5.91 Å². The summed E-state index contributed by atoms with van der Waals surface area (Å²) >= 11 is 0. The molecule has 6 nitrogen and oxygen atoms in total. The van der Waals surface area contributed by atoms with Gasteiger partial charge in [-0.05, 0) is 42.0 Å². The number of alkyl halides is 3. The zero-order valence-electron chi connectivity index (χ0n) is 16.0. The van der Waals surface area contributed by atoms with Crippen LogP contribution in [0.2, 0.25) is 0 Å². The van der Waals surface area contributed by atoms with Crippen LogP contribution in [0.25, 0.3) is 5.69 Å². The van der Waals surface area contributed by atoms with Gasteiger partial charge in [0.1, 0.15) is 17.3 Å². The minimum absolute atomic E-state index is 0.0275. The van der Waals surface area contributed by atoms with Crippen LogP contribution in [0.3, 0.4) is 0 Å². The first kappa shape index (κ1) is 21.2. The smallest absolute Gasteiger partial charge is 0.434 e. The molecule has 1 heterocycles. The number of amides is 1. The molecule has 3 aromatic rings. The molecular formula is C20H17F4N3O3. The Balaban J connectivity index is 1.88. The van der Waals surface area contributed by atoms with E-state index < -0.39 is 29.2 Å². The lowest BCUT2D eigenvalue weighted by Gasteiger charge is -2.13. The van der Waals surface area contributed by atoms with Crippen molar-refractivity contribution in [3.63, 3.8) is 0 Å². The second-order valence-electron chi connectivity index (χ2n) is 6.20. The second kappa shape index (κ2) is 8.44. The molecule has 0 aliphatic carbocycles. The predicted molar refractivity (Wildman–Crippen MR) is 99.2 cm³/mol. The van der Waals surface area contributed by atoms with Gasteiger partial charge in [-0.25, -0.2) is 9.07 Å². The maximum absolute atomic E-state index is 13.7. The van der Waals surface area contributed by atoms with E-state index in [9.17, 15) is 22.4 Å². The molecular weight excluding hydrogens is 406 g/mol. The summed E-state index contributed by atoms with van der Waals surface area (Å²) in [5, 5.41) is 6.13. The number of aromatic nitrogens is 2. The number of methoxy groups -OCH3 is 2. The first-order valence-corrected chi connectivity index (χ1v) is 8.64. The summed E-state index contributed by atoms with van der Waals surface area (Å²) in [4.78, 5) is 12.5. The summed E-state index contributed by atoms with van der Waals surface area (Å²) in [7, 11) is 2.91. The third-order valence-electron chi connectivity index (χ3n) is 4.22. The number of carbonyl (C=O) groups excluding carboxylic acids is 1. The minimum atomic E-state index is -4.86. The van der Waals surface area contributed by atoms with E-state index in [1.165, 1.54) is 14.2 Å². The molecule has 0 aliphatic heterocycles. The third kappa shape index (κ3) is 4.53. The van der Waals surface area contributed by atoms with Crippen molar-refractivity contribution < 1.29 is 31.8 Å². The van der Waals surface area contributed by atoms with Crippen molar-refractivity contribution in [3.05, 3.63) is 71.3 Å². The molecule has 3 rings (SSSR count). The maximum atomic E-state index is 13.7. The van der Waals surface area contributed by atoms with Gasteiger partial charge in [-0.15, -0.1) is 0 Å². The van der Waals surface area contributed by atoms with E-state index in [4.69, 9.17) is 9.47 Å². The van der Waals surface area contributed by atoms with Crippen molar-refractivity contribution in [3.8, 4) is 17.2 Å². The van der Waals surface area contributed by atoms with Crippen molar-refractivity contribution in [1.82, 2.24) is 15.1 Å². The number of hydrogen-bond acceptors (Lipinski definition) is 4. The molecule has 1 aromatic heterocycles. The lowest BCUT2D eigenvalue weighted by Crippen LogP contribution is -2.26. The van der Waals surface area contributed by atoms with E-state index in [-0.39, 0.29) is 12.2 Å². The number of carbonyl (C=O) groups is 1. The summed E-state index contributed by atoms with van der Waals surface area (Å²) < 4.78 is 65.0. The van der Waals surface area contributed by atoms with E-state index in [0.29, 0.717) is 21.7 Å². The van der Waals surface area contributed by atoms with E-state index in [0.717, 1.165) is 30.5 Å². The number of benzene rings is 2. The fraction of sp³-hybridized carbons (Fsp3) is 0.200. The normalized spacial score (nSPS) is 11.3. The molecule has 30 heavy (non-hydrogen) atoms. The summed E-state index contributed by atoms with van der Waals surface area (Å²) in [5.74, 6) is -0.624. The van der Waals surface area contributed by atoms with Gasteiger partial charge in [0, 0.05) is 12.6 Å². The van der Waals surface area contributed by atoms with Crippen LogP contribution in [0.15, 0.2) is 48.7 Å². The molecule has 0 saturated carbocycles. The summed E-state index contributed by atoms with van der Waals surface area (Å²) in [6.45, 7) is -0.0641. The Morgan fingerprint density at radius 3 is 2.20 bits per heavy atom. The van der Waals surface area contributed by atoms with Gasteiger partial charge < -0.3 is 14.8 Å². The Bertz CT molecular complexity index is 1020. The van der Waals surface area contributed by atoms with Crippen LogP contribution in [0, 0.1) is 5.82 Å². The maximum Gasteiger partial charge on any atom is 0.434 e. The van der Waals surface area contributed by atoms with Crippen LogP contribution >= 0.6 is 0 Å². The van der Waals surface area contributed by atoms with Gasteiger partial charge in [-0.1, -0.05) is 0 Å². The van der Waals surface area contributed by atoms with Gasteiger partial charge in [0.05, 0.1) is 31.7 Å². The van der Waals surface area contributed by atoms with Crippen molar-refractivity contribution in [2.75, 3.05) is 14.2 Å². The van der Waals surface area contributed by atoms with Gasteiger partial charge in [0.2, 0.25) is 0 Å². The number of hydrogen-bond donors (Lipinski definition) is 1. The van der Waals surface area contributed by atoms with E-state index >= 15 is 0 Å². The highest BCUT2D eigenvalue weighted by Crippen LogP contribution is 2.33. The fourth-order valence-electron chi connectivity index (χ4n) is 2.81. The zero-order valence-corrected chi connectivity index (χ0v) is 16.0. The molecule has 0 atom stereocenters. The molecule has 0 fully saturated rings. The van der Waals surface area contributed by atoms with Crippen LogP contribution < -0.4 is 14.8 Å². The van der Waals surface area contributed by atoms with Crippen molar-refractivity contribution in [1.29, 1.82) is 0 Å². The molecule has 1 N–H and O–H groups in total. The quantitative estimate of drug-likeness (QED) is 0.610. The average molecular weight is 423 g/mol. The molecule has 2 aromatic carbocycles. The first-order valence-electron chi connectivity index (χ1n) is 8.64. The number of nitrogens with one attached hydrogen (secondary N) is 1. The number of halogens is 4. The number of nitrogens with zero attached hydrogens (tertiary/aromatic N) is 2. The monoisotopic (exact) mass is 423 g/mol. The number of rotatable bonds is 6. The largest absolute Gasteiger partial charge is 0.497 e. The van der Waals surface area contributed by atoms with E-state index in [1.54, 1.807) is 18.2 Å². The Hall–Kier alpha value is -3.56. The average Bonchev–Trinajstić information content (AvgIpc) is 3.18. The molecule has 158 valence electrons. The lowest BCUT2D eigenvalue weighted by molar-refractivity contribution is -0.143. The predicted octanol–water partition coefficient (Wildman–Crippen LogP) is 3.98. The van der Waals surface area contributed by atoms with E-state index in [1.807, 2.05) is 0 Å². The Morgan fingerprint density at radius 2 is 1.67 bits per heavy atom. The lowest BCUT2D eigenvalue weighted by atomic mass is 10.1. The standard InChI is InChI=1S/C20H17F4N3O3/c1-29-15-7-12(8-16(9-15)30-2)10-25-19(28)17-11-26-27(18(17)20(22,23)24)14-5-3-13(21)4-6-14/h3-9,11H,10H2,1-2H3,(H,25,28). The molecule has 0 aliphatic rings. The van der Waals surface area contributed by atoms with Gasteiger partial charge in [-0.2, -0.15) is 18.3 Å². The molecule has 0 unspecified atom stereocenters. The fourth-order valence-corrected chi connectivity index (χ4v) is 2.81. The van der Waals surface area contributed by atoms with Crippen LogP contribution in [0.5, 0.6) is 11.5 Å². The summed E-state index contributed by atoms with van der Waals surface area (Å²) in [6.07, 6.45) is -4.04. The highest BCUT2D eigenvalue weighted by molar-refractivity contribution is 5.95. The molecule has 0 spiro atoms. The molecule has 0 saturated heterocycles. The van der Waals surface area contributed by atoms with Crippen LogP contribution in [-0.2, 0) is 12.7 Å². The highest BCUT2D eigenvalue weighted by Gasteiger charge is 2.40. The molecule has 1 amide bonds. The second-order valence-corrected chi connectivity index (χ2v) is 6.20. The highest BCUT2D eigenvalue weighted by atomic mass is 19.4. The molecule has 0 bridgehead atoms. The Morgan fingerprint density at radius 1 is 1.07 bits per heavy atom. The summed E-state index contributed by atoms with van der Waals surface area (Å²) in [5.41, 5.74) is -1.36. The van der Waals surface area contributed by atoms with Crippen LogP contribution in [0.1, 0.15) is 21.6 Å². The van der Waals surface area contributed by atoms with E-state index in [2.05, 4.69) is 10.4 Å². The zero-order chi connectivity index (χ0) is 21.9. The first-order chi connectivity index (χ1) is 14.2. The van der Waals surface area contributed by atoms with Crippen molar-refractivity contribution in [2.24, 2.45) is 0 Å². The van der Waals surface area contributed by atoms with Crippen LogP contribution in [-0.4, -0.2) is 29.9 Å². The van der Waals surface area contributed by atoms with Gasteiger partial charge in [-0.3, -0.25) is 4.79 Å². The Kier molecular flexibility index (Phi) is 5.95. The third-order valence-corrected chi connectivity index (χ3v) is 4.22. The van der Waals surface area contributed by atoms with Gasteiger partial charge in [0.15, 0.2) is 5.69 Å². The van der Waals surface area contributed by atoms with Crippen LogP contribution in [0.4, 0.5) is 17.6 Å². The summed E-state index contributed by atoms with van der Waals surface area (Å²) in [6, 6.07) is 9.16. The topological polar surface area (TPSA) is 65.4 Å². The molecule has 0 radical (unpaired) electrons. The number of ether oxygens (including phenoxy) is 2. The van der Waals surface area contributed by atoms with Gasteiger partial charge >= 0.3 is 6.18 Å². The van der Waals surface area contributed by atoms with Crippen molar-refractivity contribution in [2.45, 2.75) is 12.7 Å². The Labute approximate surface area is 169 Å². The minimum Gasteiger partial charge on any atom is -0.497 e.